The molecule has 13 heavy (non-hydrogen) atoms. The van der Waals surface area contributed by atoms with Gasteiger partial charge in [0, 0.05) is 6.04 Å². The Bertz CT molecular complexity index is 182. The van der Waals surface area contributed by atoms with E-state index in [1.165, 1.54) is 0 Å². The zero-order valence-electron chi connectivity index (χ0n) is 7.99. The molecule has 1 aliphatic carbocycles. The minimum Gasteiger partial charge on any atom is -0.393 e. The number of carbonyl (C=O) groups is 1. The Kier molecular flexibility index (Phi) is 3.69. The molecule has 0 saturated heterocycles. The van der Waals surface area contributed by atoms with Gasteiger partial charge in [0.05, 0.1) is 12.1 Å². The highest BCUT2D eigenvalue weighted by molar-refractivity contribution is 5.81. The number of hydrogen-bond acceptors (Lipinski definition) is 3. The molecule has 4 N–H and O–H groups in total. The maximum atomic E-state index is 11.2. The van der Waals surface area contributed by atoms with Crippen LogP contribution in [0.25, 0.3) is 0 Å². The van der Waals surface area contributed by atoms with Crippen LogP contribution < -0.4 is 11.1 Å². The highest BCUT2D eigenvalue weighted by Gasteiger charge is 2.22. The molecule has 1 aliphatic rings. The fourth-order valence-corrected chi connectivity index (χ4v) is 1.63. The molecule has 1 saturated carbocycles. The summed E-state index contributed by atoms with van der Waals surface area (Å²) in [7, 11) is 0. The van der Waals surface area contributed by atoms with Crippen molar-refractivity contribution >= 4 is 5.91 Å². The Morgan fingerprint density at radius 3 is 2.85 bits per heavy atom. The summed E-state index contributed by atoms with van der Waals surface area (Å²) >= 11 is 0. The number of rotatable bonds is 2. The lowest BCUT2D eigenvalue weighted by molar-refractivity contribution is -0.123. The molecule has 0 spiro atoms. The van der Waals surface area contributed by atoms with Crippen molar-refractivity contribution in [2.45, 2.75) is 50.8 Å². The van der Waals surface area contributed by atoms with E-state index in [1.54, 1.807) is 6.92 Å². The van der Waals surface area contributed by atoms with Gasteiger partial charge in [-0.05, 0) is 32.6 Å². The number of hydrogen-bond donors (Lipinski definition) is 3. The van der Waals surface area contributed by atoms with Gasteiger partial charge < -0.3 is 16.2 Å². The van der Waals surface area contributed by atoms with Crippen LogP contribution in [0.3, 0.4) is 0 Å². The van der Waals surface area contributed by atoms with E-state index in [2.05, 4.69) is 5.32 Å². The van der Waals surface area contributed by atoms with E-state index < -0.39 is 6.04 Å². The lowest BCUT2D eigenvalue weighted by Crippen LogP contribution is -2.46. The Morgan fingerprint density at radius 2 is 2.31 bits per heavy atom. The minimum absolute atomic E-state index is 0.113. The van der Waals surface area contributed by atoms with Crippen molar-refractivity contribution in [1.29, 1.82) is 0 Å². The van der Waals surface area contributed by atoms with Crippen molar-refractivity contribution in [3.8, 4) is 0 Å². The smallest absolute Gasteiger partial charge is 0.236 e. The molecule has 1 fully saturated rings. The maximum absolute atomic E-state index is 11.2. The predicted octanol–water partition coefficient (Wildman–Crippen LogP) is -0.247. The Labute approximate surface area is 78.5 Å². The van der Waals surface area contributed by atoms with Gasteiger partial charge in [-0.3, -0.25) is 4.79 Å². The lowest BCUT2D eigenvalue weighted by Gasteiger charge is -2.27. The van der Waals surface area contributed by atoms with Crippen molar-refractivity contribution in [1.82, 2.24) is 5.32 Å². The molecule has 2 unspecified atom stereocenters. The van der Waals surface area contributed by atoms with Crippen LogP contribution >= 0.6 is 0 Å². The van der Waals surface area contributed by atoms with E-state index in [0.29, 0.717) is 6.42 Å². The summed E-state index contributed by atoms with van der Waals surface area (Å²) in [5.41, 5.74) is 5.41. The van der Waals surface area contributed by atoms with Crippen molar-refractivity contribution in [2.75, 3.05) is 0 Å². The van der Waals surface area contributed by atoms with Gasteiger partial charge in [-0.1, -0.05) is 0 Å². The number of nitrogens with one attached hydrogen (secondary N) is 1. The molecule has 0 heterocycles. The maximum Gasteiger partial charge on any atom is 0.236 e. The Balaban J connectivity index is 2.31. The molecule has 4 heteroatoms. The van der Waals surface area contributed by atoms with E-state index in [9.17, 15) is 9.90 Å². The number of aliphatic hydroxyl groups excluding tert-OH is 1. The SMILES string of the molecule is C[C@H](N)C(=O)NC1CCCC(O)C1. The molecule has 3 atom stereocenters. The van der Waals surface area contributed by atoms with Gasteiger partial charge >= 0.3 is 0 Å². The monoisotopic (exact) mass is 186 g/mol. The quantitative estimate of drug-likeness (QED) is 0.557. The molecule has 1 rings (SSSR count). The summed E-state index contributed by atoms with van der Waals surface area (Å²) in [4.78, 5) is 11.2. The fraction of sp³-hybridized carbons (Fsp3) is 0.889. The fourth-order valence-electron chi connectivity index (χ4n) is 1.63. The summed E-state index contributed by atoms with van der Waals surface area (Å²) in [5, 5.41) is 12.2. The molecule has 0 aromatic carbocycles. The minimum atomic E-state index is -0.459. The third kappa shape index (κ3) is 3.32. The van der Waals surface area contributed by atoms with Crippen LogP contribution in [0.1, 0.15) is 32.6 Å². The third-order valence-corrected chi connectivity index (χ3v) is 2.41. The van der Waals surface area contributed by atoms with Crippen LogP contribution in [0.4, 0.5) is 0 Å². The van der Waals surface area contributed by atoms with Gasteiger partial charge in [-0.15, -0.1) is 0 Å². The van der Waals surface area contributed by atoms with E-state index in [1.807, 2.05) is 0 Å². The second-order valence-electron chi connectivity index (χ2n) is 3.81. The second-order valence-corrected chi connectivity index (χ2v) is 3.81. The second kappa shape index (κ2) is 4.58. The van der Waals surface area contributed by atoms with Gasteiger partial charge in [-0.25, -0.2) is 0 Å². The normalized spacial score (nSPS) is 31.0. The summed E-state index contributed by atoms with van der Waals surface area (Å²) < 4.78 is 0. The summed E-state index contributed by atoms with van der Waals surface area (Å²) in [6.07, 6.45) is 3.19. The number of carbonyl (C=O) groups excluding carboxylic acids is 1. The number of amides is 1. The first-order valence-corrected chi connectivity index (χ1v) is 4.83. The largest absolute Gasteiger partial charge is 0.393 e. The molecule has 0 radical (unpaired) electrons. The standard InChI is InChI=1S/C9H18N2O2/c1-6(10)9(13)11-7-3-2-4-8(12)5-7/h6-8,12H,2-5,10H2,1H3,(H,11,13)/t6-,7?,8?/m0/s1. The van der Waals surface area contributed by atoms with Crippen molar-refractivity contribution in [3.63, 3.8) is 0 Å². The van der Waals surface area contributed by atoms with Crippen LogP contribution in [-0.4, -0.2) is 29.2 Å². The number of nitrogens with two attached hydrogens (primary N) is 1. The van der Waals surface area contributed by atoms with Crippen LogP contribution in [0.15, 0.2) is 0 Å². The average molecular weight is 186 g/mol. The summed E-state index contributed by atoms with van der Waals surface area (Å²) in [6, 6.07) is -0.346. The van der Waals surface area contributed by atoms with Crippen LogP contribution in [0.5, 0.6) is 0 Å². The molecule has 0 aromatic rings. The van der Waals surface area contributed by atoms with E-state index in [-0.39, 0.29) is 18.1 Å². The highest BCUT2D eigenvalue weighted by Crippen LogP contribution is 2.18. The van der Waals surface area contributed by atoms with Gasteiger partial charge in [0.25, 0.3) is 0 Å². The molecule has 0 aliphatic heterocycles. The number of aliphatic hydroxyl groups is 1. The lowest BCUT2D eigenvalue weighted by atomic mass is 9.93. The Morgan fingerprint density at radius 1 is 1.62 bits per heavy atom. The molecular weight excluding hydrogens is 168 g/mol. The van der Waals surface area contributed by atoms with Gasteiger partial charge in [0.1, 0.15) is 0 Å². The zero-order valence-corrected chi connectivity index (χ0v) is 7.99. The molecule has 0 bridgehead atoms. The molecule has 76 valence electrons. The molecule has 0 aromatic heterocycles. The van der Waals surface area contributed by atoms with Crippen LogP contribution in [0.2, 0.25) is 0 Å². The zero-order chi connectivity index (χ0) is 9.84. The summed E-state index contributed by atoms with van der Waals surface area (Å²) in [5.74, 6) is -0.126. The van der Waals surface area contributed by atoms with E-state index >= 15 is 0 Å². The highest BCUT2D eigenvalue weighted by atomic mass is 16.3. The van der Waals surface area contributed by atoms with Crippen molar-refractivity contribution in [3.05, 3.63) is 0 Å². The first-order chi connectivity index (χ1) is 6.09. The first kappa shape index (κ1) is 10.5. The van der Waals surface area contributed by atoms with Crippen LogP contribution in [0, 0.1) is 0 Å². The first-order valence-electron chi connectivity index (χ1n) is 4.83. The van der Waals surface area contributed by atoms with Gasteiger partial charge in [0.15, 0.2) is 0 Å². The Hall–Kier alpha value is -0.610. The van der Waals surface area contributed by atoms with E-state index in [0.717, 1.165) is 19.3 Å². The van der Waals surface area contributed by atoms with Crippen LogP contribution in [-0.2, 0) is 4.79 Å². The molecule has 4 nitrogen and oxygen atoms in total. The van der Waals surface area contributed by atoms with Gasteiger partial charge in [-0.2, -0.15) is 0 Å². The van der Waals surface area contributed by atoms with Gasteiger partial charge in [0.2, 0.25) is 5.91 Å². The van der Waals surface area contributed by atoms with Crippen molar-refractivity contribution < 1.29 is 9.90 Å². The predicted molar refractivity (Wildman–Crippen MR) is 50.1 cm³/mol. The average Bonchev–Trinajstić information content (AvgIpc) is 2.04. The third-order valence-electron chi connectivity index (χ3n) is 2.41. The molecular formula is C9H18N2O2. The van der Waals surface area contributed by atoms with Crippen molar-refractivity contribution in [2.24, 2.45) is 5.73 Å². The van der Waals surface area contributed by atoms with E-state index in [4.69, 9.17) is 5.73 Å². The molecule has 1 amide bonds. The topological polar surface area (TPSA) is 75.4 Å². The summed E-state index contributed by atoms with van der Waals surface area (Å²) in [6.45, 7) is 1.66.